The molecule has 2 rings (SSSR count). The highest BCUT2D eigenvalue weighted by molar-refractivity contribution is 5.97. The summed E-state index contributed by atoms with van der Waals surface area (Å²) in [5, 5.41) is 2.85. The van der Waals surface area contributed by atoms with Crippen LogP contribution in [0.2, 0.25) is 0 Å². The second-order valence-corrected chi connectivity index (χ2v) is 7.40. The Morgan fingerprint density at radius 2 is 2.04 bits per heavy atom. The van der Waals surface area contributed by atoms with Gasteiger partial charge in [0.05, 0.1) is 19.3 Å². The van der Waals surface area contributed by atoms with Gasteiger partial charge in [-0.05, 0) is 30.9 Å². The zero-order valence-corrected chi connectivity index (χ0v) is 17.6. The molecule has 6 heteroatoms. The monoisotopic (exact) mass is 390 g/mol. The number of nitrogens with zero attached hydrogens (tertiary/aromatic N) is 1. The van der Waals surface area contributed by atoms with Crippen molar-refractivity contribution in [3.8, 4) is 11.5 Å². The van der Waals surface area contributed by atoms with E-state index in [0.29, 0.717) is 36.1 Å². The number of piperidine rings is 1. The first-order chi connectivity index (χ1) is 13.5. The van der Waals surface area contributed by atoms with Crippen molar-refractivity contribution in [1.29, 1.82) is 0 Å². The summed E-state index contributed by atoms with van der Waals surface area (Å²) in [6.45, 7) is 8.28. The molecule has 1 N–H and O–H groups in total. The predicted molar refractivity (Wildman–Crippen MR) is 111 cm³/mol. The van der Waals surface area contributed by atoms with Crippen molar-refractivity contribution >= 4 is 5.91 Å². The summed E-state index contributed by atoms with van der Waals surface area (Å²) in [5.41, 5.74) is 0.527. The van der Waals surface area contributed by atoms with Crippen LogP contribution < -0.4 is 14.8 Å². The number of rotatable bonds is 10. The number of hydrogen-bond donors (Lipinski definition) is 1. The van der Waals surface area contributed by atoms with Crippen molar-refractivity contribution in [2.24, 2.45) is 5.92 Å². The van der Waals surface area contributed by atoms with Gasteiger partial charge in [-0.25, -0.2) is 0 Å². The number of ether oxygens (including phenoxy) is 3. The van der Waals surface area contributed by atoms with Crippen LogP contribution in [0.3, 0.4) is 0 Å². The summed E-state index contributed by atoms with van der Waals surface area (Å²) in [5.74, 6) is 1.68. The van der Waals surface area contributed by atoms with Gasteiger partial charge in [-0.3, -0.25) is 9.69 Å². The van der Waals surface area contributed by atoms with Crippen LogP contribution in [-0.4, -0.2) is 63.9 Å². The van der Waals surface area contributed by atoms with Crippen molar-refractivity contribution < 1.29 is 19.0 Å². The first kappa shape index (κ1) is 22.2. The van der Waals surface area contributed by atoms with Crippen LogP contribution >= 0.6 is 0 Å². The number of carbonyl (C=O) groups is 1. The smallest absolute Gasteiger partial charge is 0.255 e. The Kier molecular flexibility index (Phi) is 9.31. The molecule has 1 aliphatic heterocycles. The molecule has 0 radical (unpaired) electrons. The third-order valence-corrected chi connectivity index (χ3v) is 4.74. The van der Waals surface area contributed by atoms with E-state index in [-0.39, 0.29) is 12.0 Å². The fraction of sp³-hybridized carbons (Fsp3) is 0.591. The molecule has 0 aromatic heterocycles. The van der Waals surface area contributed by atoms with Crippen LogP contribution in [0.1, 0.15) is 37.0 Å². The maximum atomic E-state index is 12.5. The molecule has 1 fully saturated rings. The van der Waals surface area contributed by atoms with Crippen molar-refractivity contribution in [3.63, 3.8) is 0 Å². The van der Waals surface area contributed by atoms with Crippen molar-refractivity contribution in [2.45, 2.75) is 32.8 Å². The van der Waals surface area contributed by atoms with E-state index < -0.39 is 0 Å². The van der Waals surface area contributed by atoms with E-state index in [9.17, 15) is 4.79 Å². The highest BCUT2D eigenvalue weighted by Gasteiger charge is 2.22. The van der Waals surface area contributed by atoms with Gasteiger partial charge in [0.1, 0.15) is 17.6 Å². The van der Waals surface area contributed by atoms with E-state index in [4.69, 9.17) is 14.2 Å². The fourth-order valence-electron chi connectivity index (χ4n) is 3.15. The van der Waals surface area contributed by atoms with E-state index in [2.05, 4.69) is 36.2 Å². The number of hydrogen-bond acceptors (Lipinski definition) is 5. The lowest BCUT2D eigenvalue weighted by Gasteiger charge is -2.32. The molecular formula is C22H34N2O4. The van der Waals surface area contributed by atoms with Gasteiger partial charge >= 0.3 is 0 Å². The molecule has 0 saturated carbocycles. The maximum Gasteiger partial charge on any atom is 0.255 e. The van der Waals surface area contributed by atoms with E-state index in [1.165, 1.54) is 0 Å². The topological polar surface area (TPSA) is 60.0 Å². The highest BCUT2D eigenvalue weighted by Crippen LogP contribution is 2.28. The van der Waals surface area contributed by atoms with Crippen molar-refractivity contribution in [1.82, 2.24) is 10.2 Å². The second-order valence-electron chi connectivity index (χ2n) is 7.40. The molecular weight excluding hydrogens is 356 g/mol. The molecule has 0 aliphatic carbocycles. The van der Waals surface area contributed by atoms with Crippen molar-refractivity contribution in [2.75, 3.05) is 47.0 Å². The van der Waals surface area contributed by atoms with Gasteiger partial charge in [0.25, 0.3) is 5.91 Å². The first-order valence-corrected chi connectivity index (χ1v) is 10.0. The second kappa shape index (κ2) is 11.7. The zero-order chi connectivity index (χ0) is 20.4. The van der Waals surface area contributed by atoms with Gasteiger partial charge < -0.3 is 19.5 Å². The van der Waals surface area contributed by atoms with Crippen LogP contribution in [0.4, 0.5) is 0 Å². The molecule has 1 saturated heterocycles. The molecule has 0 atom stereocenters. The Morgan fingerprint density at radius 3 is 2.68 bits per heavy atom. The molecule has 0 unspecified atom stereocenters. The summed E-state index contributed by atoms with van der Waals surface area (Å²) in [6.07, 6.45) is 6.47. The number of benzene rings is 1. The van der Waals surface area contributed by atoms with E-state index in [0.717, 1.165) is 32.5 Å². The van der Waals surface area contributed by atoms with Gasteiger partial charge in [-0.2, -0.15) is 0 Å². The number of nitrogens with one attached hydrogen (secondary N) is 1. The summed E-state index contributed by atoms with van der Waals surface area (Å²) < 4.78 is 16.5. The molecule has 6 nitrogen and oxygen atoms in total. The molecule has 1 aliphatic rings. The minimum atomic E-state index is -0.161. The number of likely N-dealkylation sites (tertiary alicyclic amines) is 1. The maximum absolute atomic E-state index is 12.5. The van der Waals surface area contributed by atoms with Gasteiger partial charge in [0, 0.05) is 39.4 Å². The van der Waals surface area contributed by atoms with Gasteiger partial charge in [0.2, 0.25) is 0 Å². The summed E-state index contributed by atoms with van der Waals surface area (Å²) in [6, 6.07) is 5.33. The first-order valence-electron chi connectivity index (χ1n) is 10.0. The molecule has 1 heterocycles. The quantitative estimate of drug-likeness (QED) is 0.491. The summed E-state index contributed by atoms with van der Waals surface area (Å²) in [7, 11) is 3.22. The minimum absolute atomic E-state index is 0.1000. The minimum Gasteiger partial charge on any atom is -0.497 e. The Balaban J connectivity index is 1.96. The van der Waals surface area contributed by atoms with E-state index in [1.807, 2.05) is 0 Å². The standard InChI is InChI=1S/C22H34N2O4/c1-17(2)6-5-12-24-13-9-18(10-14-24)28-21-16-19(27-4)7-8-20(21)22(25)23-11-15-26-3/h5-8,16-18H,9-15H2,1-4H3,(H,23,25). The number of allylic oxidation sites excluding steroid dienone is 1. The lowest BCUT2D eigenvalue weighted by molar-refractivity contribution is 0.0905. The number of methoxy groups -OCH3 is 2. The number of carbonyl (C=O) groups excluding carboxylic acids is 1. The molecule has 156 valence electrons. The normalized spacial score (nSPS) is 15.9. The largest absolute Gasteiger partial charge is 0.497 e. The van der Waals surface area contributed by atoms with Gasteiger partial charge in [0.15, 0.2) is 0 Å². The molecule has 1 aromatic rings. The molecule has 1 aromatic carbocycles. The van der Waals surface area contributed by atoms with E-state index in [1.54, 1.807) is 32.4 Å². The zero-order valence-electron chi connectivity index (χ0n) is 17.6. The molecule has 28 heavy (non-hydrogen) atoms. The van der Waals surface area contributed by atoms with Crippen molar-refractivity contribution in [3.05, 3.63) is 35.9 Å². The fourth-order valence-corrected chi connectivity index (χ4v) is 3.15. The molecule has 1 amide bonds. The predicted octanol–water partition coefficient (Wildman–Crippen LogP) is 3.13. The van der Waals surface area contributed by atoms with Crippen LogP contribution in [0.25, 0.3) is 0 Å². The lowest BCUT2D eigenvalue weighted by atomic mass is 10.1. The van der Waals surface area contributed by atoms with Gasteiger partial charge in [-0.15, -0.1) is 0 Å². The molecule has 0 spiro atoms. The Hall–Kier alpha value is -2.05. The highest BCUT2D eigenvalue weighted by atomic mass is 16.5. The third-order valence-electron chi connectivity index (χ3n) is 4.74. The Bertz CT molecular complexity index is 637. The van der Waals surface area contributed by atoms with Crippen LogP contribution in [0, 0.1) is 5.92 Å². The Labute approximate surface area is 168 Å². The van der Waals surface area contributed by atoms with Crippen LogP contribution in [0.5, 0.6) is 11.5 Å². The Morgan fingerprint density at radius 1 is 1.29 bits per heavy atom. The lowest BCUT2D eigenvalue weighted by Crippen LogP contribution is -2.38. The van der Waals surface area contributed by atoms with Crippen LogP contribution in [-0.2, 0) is 4.74 Å². The summed E-state index contributed by atoms with van der Waals surface area (Å²) >= 11 is 0. The summed E-state index contributed by atoms with van der Waals surface area (Å²) in [4.78, 5) is 14.9. The van der Waals surface area contributed by atoms with Crippen LogP contribution in [0.15, 0.2) is 30.4 Å². The average Bonchev–Trinajstić information content (AvgIpc) is 2.69. The van der Waals surface area contributed by atoms with Gasteiger partial charge in [-0.1, -0.05) is 26.0 Å². The average molecular weight is 391 g/mol. The third kappa shape index (κ3) is 7.17. The number of amides is 1. The molecule has 0 bridgehead atoms. The van der Waals surface area contributed by atoms with E-state index >= 15 is 0 Å². The SMILES string of the molecule is COCCNC(=O)c1ccc(OC)cc1OC1CCN(CC=CC(C)C)CC1.